The number of hydrogen-bond acceptors (Lipinski definition) is 6. The SMILES string of the molecule is Cc1ccc(C)c(-c2csc(NC(=O)c3cc(C)nc4onc(C)c34)n2)c1. The molecule has 1 aromatic carbocycles. The van der Waals surface area contributed by atoms with Crippen molar-refractivity contribution in [3.05, 3.63) is 57.7 Å². The summed E-state index contributed by atoms with van der Waals surface area (Å²) in [6.07, 6.45) is 0. The maximum Gasteiger partial charge on any atom is 0.258 e. The molecule has 4 rings (SSSR count). The number of aryl methyl sites for hydroxylation is 4. The molecule has 3 aromatic heterocycles. The first-order valence-corrected chi connectivity index (χ1v) is 9.38. The van der Waals surface area contributed by atoms with Crippen LogP contribution in [0.1, 0.15) is 32.9 Å². The molecule has 4 aromatic rings. The normalized spacial score (nSPS) is 11.1. The van der Waals surface area contributed by atoms with E-state index in [0.717, 1.165) is 16.8 Å². The molecule has 0 fully saturated rings. The number of carbonyl (C=O) groups is 1. The van der Waals surface area contributed by atoms with E-state index in [1.807, 2.05) is 12.3 Å². The highest BCUT2D eigenvalue weighted by Gasteiger charge is 2.19. The molecule has 7 heteroatoms. The second kappa shape index (κ2) is 6.59. The smallest absolute Gasteiger partial charge is 0.258 e. The van der Waals surface area contributed by atoms with E-state index in [0.29, 0.717) is 33.2 Å². The minimum atomic E-state index is -0.251. The predicted octanol–water partition coefficient (Wildman–Crippen LogP) is 4.83. The van der Waals surface area contributed by atoms with Gasteiger partial charge in [0.15, 0.2) is 5.13 Å². The molecule has 0 unspecified atom stereocenters. The number of benzene rings is 1. The Balaban J connectivity index is 1.66. The highest BCUT2D eigenvalue weighted by molar-refractivity contribution is 7.14. The van der Waals surface area contributed by atoms with E-state index >= 15 is 0 Å². The second-order valence-electron chi connectivity index (χ2n) is 6.57. The molecular formula is C20H18N4O2S. The van der Waals surface area contributed by atoms with Crippen LogP contribution in [-0.2, 0) is 0 Å². The van der Waals surface area contributed by atoms with Gasteiger partial charge in [-0.3, -0.25) is 10.1 Å². The maximum atomic E-state index is 12.9. The lowest BCUT2D eigenvalue weighted by Gasteiger charge is -2.05. The topological polar surface area (TPSA) is 80.9 Å². The van der Waals surface area contributed by atoms with E-state index in [4.69, 9.17) is 4.52 Å². The Kier molecular flexibility index (Phi) is 4.24. The van der Waals surface area contributed by atoms with Crippen LogP contribution in [0.15, 0.2) is 34.2 Å². The van der Waals surface area contributed by atoms with Crippen LogP contribution in [0.25, 0.3) is 22.4 Å². The monoisotopic (exact) mass is 378 g/mol. The van der Waals surface area contributed by atoms with E-state index < -0.39 is 0 Å². The molecule has 0 atom stereocenters. The molecule has 3 heterocycles. The summed E-state index contributed by atoms with van der Waals surface area (Å²) in [6.45, 7) is 7.71. The lowest BCUT2D eigenvalue weighted by molar-refractivity contribution is 0.102. The van der Waals surface area contributed by atoms with Crippen molar-refractivity contribution in [3.8, 4) is 11.3 Å². The molecule has 0 spiro atoms. The summed E-state index contributed by atoms with van der Waals surface area (Å²) < 4.78 is 5.20. The first kappa shape index (κ1) is 17.4. The first-order valence-electron chi connectivity index (χ1n) is 8.50. The summed E-state index contributed by atoms with van der Waals surface area (Å²) in [7, 11) is 0. The van der Waals surface area contributed by atoms with Gasteiger partial charge in [-0.15, -0.1) is 11.3 Å². The molecule has 136 valence electrons. The van der Waals surface area contributed by atoms with Crippen molar-refractivity contribution in [2.24, 2.45) is 0 Å². The van der Waals surface area contributed by atoms with Crippen LogP contribution in [0.3, 0.4) is 0 Å². The zero-order valence-corrected chi connectivity index (χ0v) is 16.3. The van der Waals surface area contributed by atoms with Gasteiger partial charge in [-0.05, 0) is 45.4 Å². The Morgan fingerprint density at radius 3 is 2.74 bits per heavy atom. The van der Waals surface area contributed by atoms with Crippen molar-refractivity contribution < 1.29 is 9.32 Å². The standard InChI is InChI=1S/C20H18N4O2S/c1-10-5-6-11(2)14(7-10)16-9-27-20(22-16)23-18(25)15-8-12(3)21-19-17(15)13(4)24-26-19/h5-9H,1-4H3,(H,22,23,25). The zero-order chi connectivity index (χ0) is 19.1. The number of thiazole rings is 1. The molecule has 1 N–H and O–H groups in total. The molecule has 0 saturated heterocycles. The Morgan fingerprint density at radius 1 is 1.11 bits per heavy atom. The summed E-state index contributed by atoms with van der Waals surface area (Å²) in [5, 5.41) is 9.94. The Morgan fingerprint density at radius 2 is 1.93 bits per heavy atom. The summed E-state index contributed by atoms with van der Waals surface area (Å²) in [4.78, 5) is 21.7. The van der Waals surface area contributed by atoms with Gasteiger partial charge in [0.05, 0.1) is 22.3 Å². The van der Waals surface area contributed by atoms with Crippen LogP contribution in [0.2, 0.25) is 0 Å². The summed E-state index contributed by atoms with van der Waals surface area (Å²) >= 11 is 1.40. The van der Waals surface area contributed by atoms with Crippen molar-refractivity contribution in [2.45, 2.75) is 27.7 Å². The van der Waals surface area contributed by atoms with Crippen LogP contribution in [0.4, 0.5) is 5.13 Å². The summed E-state index contributed by atoms with van der Waals surface area (Å²) in [6, 6.07) is 7.99. The fourth-order valence-corrected chi connectivity index (χ4v) is 3.73. The fourth-order valence-electron chi connectivity index (χ4n) is 3.03. The lowest BCUT2D eigenvalue weighted by Crippen LogP contribution is -2.13. The third-order valence-corrected chi connectivity index (χ3v) is 5.14. The molecule has 6 nitrogen and oxygen atoms in total. The number of amides is 1. The lowest BCUT2D eigenvalue weighted by atomic mass is 10.0. The van der Waals surface area contributed by atoms with Crippen molar-refractivity contribution >= 4 is 33.5 Å². The average molecular weight is 378 g/mol. The van der Waals surface area contributed by atoms with Crippen molar-refractivity contribution in [3.63, 3.8) is 0 Å². The van der Waals surface area contributed by atoms with Gasteiger partial charge in [-0.1, -0.05) is 22.9 Å². The molecule has 0 aliphatic carbocycles. The Bertz CT molecular complexity index is 1180. The number of hydrogen-bond donors (Lipinski definition) is 1. The fraction of sp³-hybridized carbons (Fsp3) is 0.200. The van der Waals surface area contributed by atoms with Gasteiger partial charge in [-0.2, -0.15) is 0 Å². The molecular weight excluding hydrogens is 360 g/mol. The van der Waals surface area contributed by atoms with Gasteiger partial charge in [0.25, 0.3) is 11.6 Å². The Labute approximate surface area is 160 Å². The number of fused-ring (bicyclic) bond motifs is 1. The van der Waals surface area contributed by atoms with Gasteiger partial charge in [0.2, 0.25) is 0 Å². The summed E-state index contributed by atoms with van der Waals surface area (Å²) in [5.74, 6) is -0.251. The van der Waals surface area contributed by atoms with Crippen LogP contribution in [0, 0.1) is 27.7 Å². The predicted molar refractivity (Wildman–Crippen MR) is 106 cm³/mol. The highest BCUT2D eigenvalue weighted by Crippen LogP contribution is 2.29. The van der Waals surface area contributed by atoms with Gasteiger partial charge >= 0.3 is 0 Å². The van der Waals surface area contributed by atoms with Crippen LogP contribution < -0.4 is 5.32 Å². The van der Waals surface area contributed by atoms with Crippen molar-refractivity contribution in [1.29, 1.82) is 0 Å². The van der Waals surface area contributed by atoms with E-state index in [1.165, 1.54) is 16.9 Å². The van der Waals surface area contributed by atoms with E-state index in [2.05, 4.69) is 52.5 Å². The maximum absolute atomic E-state index is 12.9. The largest absolute Gasteiger partial charge is 0.336 e. The number of nitrogens with zero attached hydrogens (tertiary/aromatic N) is 3. The first-order chi connectivity index (χ1) is 12.9. The number of anilines is 1. The number of rotatable bonds is 3. The van der Waals surface area contributed by atoms with Crippen molar-refractivity contribution in [1.82, 2.24) is 15.1 Å². The number of carbonyl (C=O) groups excluding carboxylic acids is 1. The molecule has 0 bridgehead atoms. The molecule has 1 amide bonds. The van der Waals surface area contributed by atoms with Crippen LogP contribution in [0.5, 0.6) is 0 Å². The van der Waals surface area contributed by atoms with E-state index in [1.54, 1.807) is 13.0 Å². The number of nitrogens with one attached hydrogen (secondary N) is 1. The van der Waals surface area contributed by atoms with E-state index in [-0.39, 0.29) is 5.91 Å². The van der Waals surface area contributed by atoms with Gasteiger partial charge in [0, 0.05) is 16.6 Å². The summed E-state index contributed by atoms with van der Waals surface area (Å²) in [5.41, 5.74) is 6.43. The number of pyridine rings is 1. The molecule has 27 heavy (non-hydrogen) atoms. The third-order valence-electron chi connectivity index (χ3n) is 4.38. The molecule has 0 aliphatic rings. The van der Waals surface area contributed by atoms with Crippen LogP contribution in [-0.4, -0.2) is 21.0 Å². The van der Waals surface area contributed by atoms with Crippen LogP contribution >= 0.6 is 11.3 Å². The molecule has 0 saturated carbocycles. The quantitative estimate of drug-likeness (QED) is 0.552. The van der Waals surface area contributed by atoms with E-state index in [9.17, 15) is 4.79 Å². The molecule has 0 aliphatic heterocycles. The zero-order valence-electron chi connectivity index (χ0n) is 15.5. The van der Waals surface area contributed by atoms with Gasteiger partial charge in [0.1, 0.15) is 0 Å². The van der Waals surface area contributed by atoms with Crippen molar-refractivity contribution in [2.75, 3.05) is 5.32 Å². The minimum Gasteiger partial charge on any atom is -0.336 e. The van der Waals surface area contributed by atoms with Gasteiger partial charge < -0.3 is 4.52 Å². The Hall–Kier alpha value is -3.06. The molecule has 0 radical (unpaired) electrons. The highest BCUT2D eigenvalue weighted by atomic mass is 32.1. The minimum absolute atomic E-state index is 0.251. The van der Waals surface area contributed by atoms with Gasteiger partial charge in [-0.25, -0.2) is 9.97 Å². The number of aromatic nitrogens is 3. The third kappa shape index (κ3) is 3.21. The average Bonchev–Trinajstić information content (AvgIpc) is 3.23. The second-order valence-corrected chi connectivity index (χ2v) is 7.43.